The number of ether oxygens (including phenoxy) is 10. The van der Waals surface area contributed by atoms with Gasteiger partial charge in [0.25, 0.3) is 0 Å². The summed E-state index contributed by atoms with van der Waals surface area (Å²) < 4.78 is 54.2. The Morgan fingerprint density at radius 2 is 0.372 bits per heavy atom. The number of aromatic nitrogens is 9. The maximum absolute atomic E-state index is 10.9. The van der Waals surface area contributed by atoms with Gasteiger partial charge < -0.3 is 134 Å². The molecule has 0 amide bonds. The zero-order valence-electron chi connectivity index (χ0n) is 88.9. The molecule has 14 rings (SSSR count). The molecule has 36 nitrogen and oxygen atoms in total. The van der Waals surface area contributed by atoms with E-state index in [1.807, 2.05) is 125 Å². The van der Waals surface area contributed by atoms with Crippen LogP contribution >= 0.6 is 0 Å². The monoisotopic (exact) mass is 2020 g/mol. The van der Waals surface area contributed by atoms with Gasteiger partial charge in [0.1, 0.15) is 150 Å². The third-order valence-electron chi connectivity index (χ3n) is 17.4. The van der Waals surface area contributed by atoms with Crippen molar-refractivity contribution in [3.8, 4) is 206 Å². The molecule has 0 bridgehead atoms. The van der Waals surface area contributed by atoms with Crippen LogP contribution in [0.3, 0.4) is 0 Å². The highest BCUT2D eigenvalue weighted by atomic mass is 16.6. The number of nitrogens with zero attached hydrogens (tertiary/aromatic N) is 9. The number of methoxy groups -OCH3 is 1. The molecule has 798 valence electrons. The normalized spacial score (nSPS) is 13.1. The Hall–Kier alpha value is -14.0. The van der Waals surface area contributed by atoms with Crippen LogP contribution in [-0.2, 0) is 9.47 Å². The number of benzene rings is 9. The highest BCUT2D eigenvalue weighted by molar-refractivity contribution is 5.79. The Kier molecular flexibility index (Phi) is 62.2. The fraction of sp³-hybridized carbons (Fsp3) is 0.422. The molecule has 12 aromatic rings. The van der Waals surface area contributed by atoms with Crippen molar-refractivity contribution in [1.29, 1.82) is 0 Å². The fourth-order valence-electron chi connectivity index (χ4n) is 11.0. The van der Waals surface area contributed by atoms with Gasteiger partial charge >= 0.3 is 0 Å². The summed E-state index contributed by atoms with van der Waals surface area (Å²) in [5.74, 6) is 1.40. The lowest BCUT2D eigenvalue weighted by atomic mass is 10.1. The summed E-state index contributed by atoms with van der Waals surface area (Å²) in [4.78, 5) is 40.5. The van der Waals surface area contributed by atoms with E-state index in [9.17, 15) is 86.8 Å². The summed E-state index contributed by atoms with van der Waals surface area (Å²) in [7, 11) is 1.48. The molecule has 9 atom stereocenters. The Balaban J connectivity index is 0.000000981. The van der Waals surface area contributed by atoms with Crippen molar-refractivity contribution in [3.05, 3.63) is 164 Å². The van der Waals surface area contributed by atoms with Crippen LogP contribution in [0.4, 0.5) is 0 Å². The maximum atomic E-state index is 10.9. The third-order valence-corrected chi connectivity index (χ3v) is 17.4. The summed E-state index contributed by atoms with van der Waals surface area (Å²) in [6.07, 6.45) is -3.79. The topological polar surface area (TPSA) is 559 Å². The second-order valence-corrected chi connectivity index (χ2v) is 29.7. The SMILES string of the molecule is CC.CC.CC.CC.CC.CC.CC.CC.CC.CC(O)COc1ccc(-c2nc(-c3ccc(OCC(C)O)cc3O)nc(-c3ccc(OCC(C)O)cc3OCC(C)O)n2)c(O)c1.CC1CO1.CC1CO1.COc1cc(OCC(C)O)ccc1-c1nc(-c2ccc(OCC(C)O)cc2O)nc(-c2ccc(OCC(C)O)cc2O)n1.Oc1ccc(-c2nc(-c3ccc(O)cc3O)nc(-c3ccc(O)cc3O)n2)c(O)c1. The van der Waals surface area contributed by atoms with Gasteiger partial charge in [0, 0.05) is 54.6 Å². The van der Waals surface area contributed by atoms with Crippen molar-refractivity contribution in [2.75, 3.05) is 66.6 Å². The van der Waals surface area contributed by atoms with Gasteiger partial charge in [-0.1, -0.05) is 125 Å². The number of hydrogen-bond acceptors (Lipinski definition) is 36. The van der Waals surface area contributed by atoms with Gasteiger partial charge in [-0.3, -0.25) is 0 Å². The van der Waals surface area contributed by atoms with Crippen molar-refractivity contribution >= 4 is 0 Å². The molecule has 0 saturated carbocycles. The molecule has 0 radical (unpaired) electrons. The van der Waals surface area contributed by atoms with Crippen molar-refractivity contribution in [2.45, 2.75) is 242 Å². The van der Waals surface area contributed by atoms with Crippen LogP contribution < -0.4 is 37.9 Å². The van der Waals surface area contributed by atoms with E-state index in [1.54, 1.807) is 133 Å². The van der Waals surface area contributed by atoms with E-state index >= 15 is 0 Å². The zero-order chi connectivity index (χ0) is 110. The molecule has 9 aromatic carbocycles. The molecule has 0 aliphatic carbocycles. The summed E-state index contributed by atoms with van der Waals surface area (Å²) in [6, 6.07) is 39.7. The van der Waals surface area contributed by atoms with Gasteiger partial charge in [-0.2, -0.15) is 0 Å². The first-order valence-electron chi connectivity index (χ1n) is 48.9. The minimum Gasteiger partial charge on any atom is -0.508 e. The second-order valence-electron chi connectivity index (χ2n) is 29.7. The predicted molar refractivity (Wildman–Crippen MR) is 565 cm³/mol. The molecule has 2 fully saturated rings. The van der Waals surface area contributed by atoms with E-state index in [2.05, 4.69) is 58.7 Å². The van der Waals surface area contributed by atoms with Crippen molar-refractivity contribution < 1.29 is 134 Å². The number of epoxide rings is 2. The van der Waals surface area contributed by atoms with Crippen LogP contribution in [-0.4, -0.2) is 253 Å². The molecular weight excluding hydrogens is 1870 g/mol. The average molecular weight is 2020 g/mol. The van der Waals surface area contributed by atoms with E-state index < -0.39 is 42.7 Å². The van der Waals surface area contributed by atoms with Gasteiger partial charge in [0.15, 0.2) is 52.4 Å². The minimum absolute atomic E-state index is 0.00690. The standard InChI is InChI=1S/C33H39N3O10.C31H35N3O9.C21H15N3O6.2C3H6O.9C2H6/c1-18(37)14-43-22-5-8-25(28(41)11-22)31-34-32(26-9-6-23(12-29(26)42)44-15-19(2)38)36-33(35-31)27-10-7-24(45-16-20(3)39)13-30(27)46-17-21(4)40;1-17(35)14-41-20-5-8-23(26(38)11-20)29-32-30(24-9-6-21(12-27(24)39)42-15-18(2)36)34-31(33-29)25-10-7-22(13-28(25)40-4)43-16-19(3)37;25-10-1-4-13(16(28)7-10)19-22-20(14-5-2-11(26)8-17(14)29)24-21(23-19)15-6-3-12(27)9-18(15)30;2*1-3-2-4-3;9*1-2/h5-13,18-21,37-42H,14-17H2,1-4H3;5-13,17-19,35-39H,14-16H2,1-4H3;1-9,25-30H;2*3H,2H2,1H3;9*1-2H3. The lowest BCUT2D eigenvalue weighted by molar-refractivity contribution is 0.118. The van der Waals surface area contributed by atoms with Gasteiger partial charge in [0.2, 0.25) is 0 Å². The van der Waals surface area contributed by atoms with Crippen LogP contribution in [0, 0.1) is 0 Å². The van der Waals surface area contributed by atoms with E-state index in [4.69, 9.17) is 47.4 Å². The lowest BCUT2D eigenvalue weighted by Gasteiger charge is -2.16. The number of aliphatic hydroxyl groups excluding tert-OH is 7. The number of aromatic hydroxyl groups is 10. The van der Waals surface area contributed by atoms with Crippen molar-refractivity contribution in [2.24, 2.45) is 0 Å². The van der Waals surface area contributed by atoms with Gasteiger partial charge in [0.05, 0.1) is 125 Å². The number of hydrogen-bond donors (Lipinski definition) is 17. The summed E-state index contributed by atoms with van der Waals surface area (Å²) in [5.41, 5.74) is 2.39. The number of phenols is 10. The number of rotatable bonds is 31. The van der Waals surface area contributed by atoms with E-state index in [0.717, 1.165) is 31.4 Å². The number of aliphatic hydroxyl groups is 7. The first-order valence-corrected chi connectivity index (χ1v) is 48.9. The Bertz CT molecular complexity index is 5350. The lowest BCUT2D eigenvalue weighted by Crippen LogP contribution is -2.14. The van der Waals surface area contributed by atoms with Crippen LogP contribution in [0.15, 0.2) is 164 Å². The quantitative estimate of drug-likeness (QED) is 0.0179. The zero-order valence-corrected chi connectivity index (χ0v) is 88.9. The van der Waals surface area contributed by atoms with Crippen molar-refractivity contribution in [3.63, 3.8) is 0 Å². The summed E-state index contributed by atoms with van der Waals surface area (Å²) in [5, 5.41) is 170. The molecule has 145 heavy (non-hydrogen) atoms. The van der Waals surface area contributed by atoms with Crippen LogP contribution in [0.1, 0.15) is 187 Å². The Morgan fingerprint density at radius 3 is 0.538 bits per heavy atom. The molecule has 36 heteroatoms. The van der Waals surface area contributed by atoms with E-state index in [-0.39, 0.29) is 201 Å². The number of phenolic OH excluding ortho intramolecular Hbond substituents is 10. The van der Waals surface area contributed by atoms with Crippen LogP contribution in [0.25, 0.3) is 102 Å². The van der Waals surface area contributed by atoms with E-state index in [1.165, 1.54) is 67.8 Å². The van der Waals surface area contributed by atoms with Gasteiger partial charge in [-0.25, -0.2) is 44.9 Å². The van der Waals surface area contributed by atoms with Gasteiger partial charge in [-0.15, -0.1) is 0 Å². The fourth-order valence-corrected chi connectivity index (χ4v) is 11.0. The van der Waals surface area contributed by atoms with Crippen LogP contribution in [0.5, 0.6) is 103 Å². The largest absolute Gasteiger partial charge is 0.508 e. The molecule has 2 aliphatic rings. The first kappa shape index (κ1) is 129. The molecule has 5 heterocycles. The molecule has 2 saturated heterocycles. The minimum atomic E-state index is -0.794. The van der Waals surface area contributed by atoms with Crippen molar-refractivity contribution in [1.82, 2.24) is 44.9 Å². The summed E-state index contributed by atoms with van der Waals surface area (Å²) in [6.45, 7) is 53.4. The molecular formula is C109H155N9O27. The highest BCUT2D eigenvalue weighted by Gasteiger charge is 2.26. The molecule has 0 spiro atoms. The first-order chi connectivity index (χ1) is 69.5. The van der Waals surface area contributed by atoms with Gasteiger partial charge in [-0.05, 0) is 172 Å². The van der Waals surface area contributed by atoms with Crippen LogP contribution in [0.2, 0.25) is 0 Å². The molecule has 3 aromatic heterocycles. The van der Waals surface area contributed by atoms with E-state index in [0.29, 0.717) is 63.6 Å². The average Bonchev–Trinajstić information content (AvgIpc) is 0.976. The Labute approximate surface area is 853 Å². The summed E-state index contributed by atoms with van der Waals surface area (Å²) >= 11 is 0. The Morgan fingerprint density at radius 1 is 0.228 bits per heavy atom. The maximum Gasteiger partial charge on any atom is 0.167 e. The molecule has 17 N–H and O–H groups in total. The predicted octanol–water partition coefficient (Wildman–Crippen LogP) is 20.0. The molecule has 2 aliphatic heterocycles. The smallest absolute Gasteiger partial charge is 0.167 e. The molecule has 9 unspecified atom stereocenters. The highest BCUT2D eigenvalue weighted by Crippen LogP contribution is 2.44. The second kappa shape index (κ2) is 69.9. The third kappa shape index (κ3) is 44.8.